The summed E-state index contributed by atoms with van der Waals surface area (Å²) in [7, 11) is 0. The van der Waals surface area contributed by atoms with Gasteiger partial charge in [0.2, 0.25) is 0 Å². The van der Waals surface area contributed by atoms with Crippen LogP contribution < -0.4 is 0 Å². The molecule has 26 heavy (non-hydrogen) atoms. The Morgan fingerprint density at radius 1 is 0.577 bits per heavy atom. The molecule has 6 heteroatoms. The van der Waals surface area contributed by atoms with Gasteiger partial charge < -0.3 is 23.7 Å². The van der Waals surface area contributed by atoms with Gasteiger partial charge in [0.15, 0.2) is 5.78 Å². The van der Waals surface area contributed by atoms with Crippen LogP contribution in [-0.2, 0) is 28.5 Å². The van der Waals surface area contributed by atoms with Crippen molar-refractivity contribution in [2.45, 2.75) is 48.0 Å². The van der Waals surface area contributed by atoms with Crippen LogP contribution in [0.5, 0.6) is 0 Å². The Morgan fingerprint density at radius 2 is 0.923 bits per heavy atom. The lowest BCUT2D eigenvalue weighted by Crippen LogP contribution is -2.25. The molecule has 0 aliphatic rings. The van der Waals surface area contributed by atoms with Crippen molar-refractivity contribution in [3.05, 3.63) is 0 Å². The summed E-state index contributed by atoms with van der Waals surface area (Å²) in [5.41, 5.74) is -0.0396. The quantitative estimate of drug-likeness (QED) is 0.386. The van der Waals surface area contributed by atoms with E-state index in [0.717, 1.165) is 13.0 Å². The normalized spacial score (nSPS) is 12.5. The lowest BCUT2D eigenvalue weighted by atomic mass is 9.91. The maximum Gasteiger partial charge on any atom is 0.163 e. The monoisotopic (exact) mass is 376 g/mol. The van der Waals surface area contributed by atoms with Gasteiger partial charge in [0, 0.05) is 12.0 Å². The van der Waals surface area contributed by atoms with Gasteiger partial charge in [0.1, 0.15) is 6.61 Å². The second-order valence-electron chi connectivity index (χ2n) is 8.49. The van der Waals surface area contributed by atoms with Crippen molar-refractivity contribution < 1.29 is 28.5 Å². The number of hydrogen-bond donors (Lipinski definition) is 0. The summed E-state index contributed by atoms with van der Waals surface area (Å²) in [6.07, 6.45) is 1.05. The van der Waals surface area contributed by atoms with Crippen molar-refractivity contribution >= 4 is 5.78 Å². The lowest BCUT2D eigenvalue weighted by Gasteiger charge is -2.17. The molecule has 0 aromatic heterocycles. The van der Waals surface area contributed by atoms with Crippen LogP contribution in [0.4, 0.5) is 0 Å². The minimum atomic E-state index is -0.352. The minimum absolute atomic E-state index is 0.0976. The highest BCUT2D eigenvalue weighted by Crippen LogP contribution is 2.17. The van der Waals surface area contributed by atoms with Gasteiger partial charge in [0.05, 0.1) is 52.9 Å². The zero-order valence-corrected chi connectivity index (χ0v) is 17.7. The summed E-state index contributed by atoms with van der Waals surface area (Å²) < 4.78 is 27.0. The second kappa shape index (κ2) is 14.5. The number of Topliss-reactive ketones (excluding diaryl/α,β-unsaturated/α-hetero) is 1. The molecule has 0 aromatic carbocycles. The molecule has 0 saturated carbocycles. The highest BCUT2D eigenvalue weighted by Gasteiger charge is 2.20. The summed E-state index contributed by atoms with van der Waals surface area (Å²) in [6.45, 7) is 17.4. The van der Waals surface area contributed by atoms with Crippen LogP contribution in [0, 0.1) is 10.8 Å². The Labute approximate surface area is 159 Å². The van der Waals surface area contributed by atoms with Gasteiger partial charge in [-0.05, 0) is 11.8 Å². The average Bonchev–Trinajstić information content (AvgIpc) is 2.52. The van der Waals surface area contributed by atoms with E-state index in [1.807, 2.05) is 20.8 Å². The Bertz CT molecular complexity index is 343. The van der Waals surface area contributed by atoms with E-state index in [9.17, 15) is 4.79 Å². The standard InChI is InChI=1S/C20H40O6/c1-19(2,3)7-8-22-9-10-23-11-12-24-13-14-25-15-16-26-17-18(21)20(4,5)6/h7-17H2,1-6H3. The molecule has 0 bridgehead atoms. The number of ketones is 1. The highest BCUT2D eigenvalue weighted by atomic mass is 16.6. The molecule has 0 amide bonds. The van der Waals surface area contributed by atoms with E-state index in [1.54, 1.807) is 0 Å². The molecule has 0 atom stereocenters. The topological polar surface area (TPSA) is 63.2 Å². The molecule has 156 valence electrons. The van der Waals surface area contributed by atoms with Gasteiger partial charge in [-0.25, -0.2) is 0 Å². The van der Waals surface area contributed by atoms with Crippen LogP contribution in [0.15, 0.2) is 0 Å². The van der Waals surface area contributed by atoms with Gasteiger partial charge in [-0.2, -0.15) is 0 Å². The Morgan fingerprint density at radius 3 is 1.27 bits per heavy atom. The molecule has 0 aliphatic carbocycles. The van der Waals surface area contributed by atoms with Crippen LogP contribution in [0.25, 0.3) is 0 Å². The summed E-state index contributed by atoms with van der Waals surface area (Å²) in [5, 5.41) is 0. The molecule has 0 aromatic rings. The van der Waals surface area contributed by atoms with Gasteiger partial charge in [0.25, 0.3) is 0 Å². The zero-order valence-electron chi connectivity index (χ0n) is 17.7. The summed E-state index contributed by atoms with van der Waals surface area (Å²) in [4.78, 5) is 11.6. The summed E-state index contributed by atoms with van der Waals surface area (Å²) in [5.74, 6) is 0.0976. The van der Waals surface area contributed by atoms with Crippen molar-refractivity contribution in [1.29, 1.82) is 0 Å². The number of carbonyl (C=O) groups excluding carboxylic acids is 1. The summed E-state index contributed by atoms with van der Waals surface area (Å²) in [6, 6.07) is 0. The first-order valence-corrected chi connectivity index (χ1v) is 9.55. The van der Waals surface area contributed by atoms with Crippen LogP contribution >= 0.6 is 0 Å². The van der Waals surface area contributed by atoms with Crippen LogP contribution in [-0.4, -0.2) is 71.9 Å². The molecule has 0 heterocycles. The van der Waals surface area contributed by atoms with E-state index in [-0.39, 0.29) is 17.8 Å². The molecule has 0 aliphatic heterocycles. The fourth-order valence-corrected chi connectivity index (χ4v) is 1.64. The molecule has 0 unspecified atom stereocenters. The third-order valence-electron chi connectivity index (χ3n) is 3.55. The largest absolute Gasteiger partial charge is 0.379 e. The van der Waals surface area contributed by atoms with Crippen LogP contribution in [0.2, 0.25) is 0 Å². The first-order valence-electron chi connectivity index (χ1n) is 9.55. The van der Waals surface area contributed by atoms with E-state index in [4.69, 9.17) is 23.7 Å². The molecule has 0 N–H and O–H groups in total. The van der Waals surface area contributed by atoms with Gasteiger partial charge in [-0.1, -0.05) is 41.5 Å². The Balaban J connectivity index is 3.17. The molecule has 0 radical (unpaired) electrons. The van der Waals surface area contributed by atoms with Crippen molar-refractivity contribution in [2.75, 3.05) is 66.1 Å². The fourth-order valence-electron chi connectivity index (χ4n) is 1.64. The first kappa shape index (κ1) is 25.5. The molecule has 0 fully saturated rings. The van der Waals surface area contributed by atoms with Gasteiger partial charge >= 0.3 is 0 Å². The molecule has 6 nitrogen and oxygen atoms in total. The van der Waals surface area contributed by atoms with Crippen molar-refractivity contribution in [3.8, 4) is 0 Å². The molecule has 0 rings (SSSR count). The molecule has 0 spiro atoms. The minimum Gasteiger partial charge on any atom is -0.379 e. The van der Waals surface area contributed by atoms with Crippen molar-refractivity contribution in [1.82, 2.24) is 0 Å². The third-order valence-corrected chi connectivity index (χ3v) is 3.55. The summed E-state index contributed by atoms with van der Waals surface area (Å²) >= 11 is 0. The van der Waals surface area contributed by atoms with Crippen molar-refractivity contribution in [3.63, 3.8) is 0 Å². The third kappa shape index (κ3) is 18.3. The zero-order chi connectivity index (χ0) is 19.9. The number of hydrogen-bond acceptors (Lipinski definition) is 6. The number of carbonyl (C=O) groups is 1. The van der Waals surface area contributed by atoms with E-state index in [1.165, 1.54) is 0 Å². The smallest absolute Gasteiger partial charge is 0.163 e. The highest BCUT2D eigenvalue weighted by molar-refractivity contribution is 5.84. The first-order chi connectivity index (χ1) is 12.1. The van der Waals surface area contributed by atoms with E-state index < -0.39 is 0 Å². The fraction of sp³-hybridized carbons (Fsp3) is 0.950. The van der Waals surface area contributed by atoms with E-state index in [2.05, 4.69) is 20.8 Å². The number of rotatable bonds is 16. The maximum atomic E-state index is 11.6. The van der Waals surface area contributed by atoms with Crippen LogP contribution in [0.3, 0.4) is 0 Å². The van der Waals surface area contributed by atoms with Crippen molar-refractivity contribution in [2.24, 2.45) is 10.8 Å². The SMILES string of the molecule is CC(C)(C)CCOCCOCCOCCOCCOCC(=O)C(C)(C)C. The predicted octanol–water partition coefficient (Wildman–Crippen LogP) is 3.12. The number of ether oxygens (including phenoxy) is 5. The van der Waals surface area contributed by atoms with E-state index in [0.29, 0.717) is 58.3 Å². The predicted molar refractivity (Wildman–Crippen MR) is 103 cm³/mol. The Kier molecular flexibility index (Phi) is 14.2. The van der Waals surface area contributed by atoms with Gasteiger partial charge in [-0.15, -0.1) is 0 Å². The van der Waals surface area contributed by atoms with Crippen LogP contribution in [0.1, 0.15) is 48.0 Å². The van der Waals surface area contributed by atoms with E-state index >= 15 is 0 Å². The lowest BCUT2D eigenvalue weighted by molar-refractivity contribution is -0.131. The molecule has 0 saturated heterocycles. The average molecular weight is 377 g/mol. The Hall–Kier alpha value is -0.530. The van der Waals surface area contributed by atoms with Gasteiger partial charge in [-0.3, -0.25) is 4.79 Å². The molecular weight excluding hydrogens is 336 g/mol. The second-order valence-corrected chi connectivity index (χ2v) is 8.49. The molecular formula is C20H40O6. The maximum absolute atomic E-state index is 11.6.